The largest absolute Gasteiger partial charge is 0.504 e. The molecule has 1 rings (SSSR count). The lowest BCUT2D eigenvalue weighted by Gasteiger charge is -2.12. The van der Waals surface area contributed by atoms with Crippen LogP contribution in [0.15, 0.2) is 18.2 Å². The van der Waals surface area contributed by atoms with Gasteiger partial charge in [0.1, 0.15) is 0 Å². The molecule has 4 nitrogen and oxygen atoms in total. The minimum Gasteiger partial charge on any atom is -0.504 e. The molecular weight excluding hydrogens is 298 g/mol. The van der Waals surface area contributed by atoms with Crippen molar-refractivity contribution >= 4 is 21.8 Å². The molecule has 5 heteroatoms. The summed E-state index contributed by atoms with van der Waals surface area (Å²) in [6.07, 6.45) is 0.990. The Balaban J connectivity index is 2.67. The van der Waals surface area contributed by atoms with Gasteiger partial charge < -0.3 is 15.2 Å². The summed E-state index contributed by atoms with van der Waals surface area (Å²) < 4.78 is 4.96. The molecule has 2 N–H and O–H groups in total. The van der Waals surface area contributed by atoms with Gasteiger partial charge in [0.2, 0.25) is 0 Å². The third kappa shape index (κ3) is 3.91. The van der Waals surface area contributed by atoms with Crippen LogP contribution < -0.4 is 10.1 Å². The van der Waals surface area contributed by atoms with Crippen LogP contribution in [0.1, 0.15) is 23.7 Å². The van der Waals surface area contributed by atoms with Gasteiger partial charge in [-0.25, -0.2) is 0 Å². The van der Waals surface area contributed by atoms with E-state index in [9.17, 15) is 9.90 Å². The Kier molecular flexibility index (Phi) is 5.98. The number of alkyl halides is 1. The fourth-order valence-corrected chi connectivity index (χ4v) is 2.30. The Morgan fingerprint density at radius 1 is 1.56 bits per heavy atom. The van der Waals surface area contributed by atoms with E-state index in [1.807, 2.05) is 0 Å². The van der Waals surface area contributed by atoms with E-state index in [0.717, 1.165) is 11.8 Å². The first-order valence-electron chi connectivity index (χ1n) is 5.80. The molecule has 0 fully saturated rings. The smallest absolute Gasteiger partial charge is 0.255 e. The van der Waals surface area contributed by atoms with Crippen LogP contribution in [0.25, 0.3) is 0 Å². The van der Waals surface area contributed by atoms with Crippen LogP contribution in [-0.4, -0.2) is 30.0 Å². The van der Waals surface area contributed by atoms with Crippen molar-refractivity contribution in [1.82, 2.24) is 5.32 Å². The van der Waals surface area contributed by atoms with Crippen molar-refractivity contribution in [1.29, 1.82) is 0 Å². The summed E-state index contributed by atoms with van der Waals surface area (Å²) in [5.74, 6) is 0.288. The minimum atomic E-state index is -0.284. The Morgan fingerprint density at radius 3 is 2.89 bits per heavy atom. The van der Waals surface area contributed by atoms with Crippen molar-refractivity contribution in [2.45, 2.75) is 13.3 Å². The predicted molar refractivity (Wildman–Crippen MR) is 74.6 cm³/mol. The summed E-state index contributed by atoms with van der Waals surface area (Å²) in [6, 6.07) is 4.86. The van der Waals surface area contributed by atoms with E-state index in [0.29, 0.717) is 18.2 Å². The van der Waals surface area contributed by atoms with Crippen molar-refractivity contribution in [2.24, 2.45) is 5.92 Å². The fourth-order valence-electron chi connectivity index (χ4n) is 1.52. The Labute approximate surface area is 115 Å². The number of para-hydroxylation sites is 1. The van der Waals surface area contributed by atoms with Crippen LogP contribution >= 0.6 is 15.9 Å². The van der Waals surface area contributed by atoms with Gasteiger partial charge in [0.25, 0.3) is 5.91 Å². The number of phenols is 1. The molecule has 1 amide bonds. The number of carbonyl (C=O) groups is 1. The van der Waals surface area contributed by atoms with Gasteiger partial charge in [-0.2, -0.15) is 0 Å². The second-order valence-electron chi connectivity index (χ2n) is 4.15. The molecule has 1 atom stereocenters. The summed E-state index contributed by atoms with van der Waals surface area (Å²) in [5, 5.41) is 13.5. The molecule has 0 aliphatic heterocycles. The van der Waals surface area contributed by atoms with E-state index in [-0.39, 0.29) is 17.2 Å². The number of methoxy groups -OCH3 is 1. The summed E-state index contributed by atoms with van der Waals surface area (Å²) in [4.78, 5) is 11.9. The molecule has 0 saturated heterocycles. The van der Waals surface area contributed by atoms with Crippen LogP contribution in [-0.2, 0) is 0 Å². The average Bonchev–Trinajstić information content (AvgIpc) is 2.36. The molecule has 18 heavy (non-hydrogen) atoms. The molecule has 0 radical (unpaired) electrons. The molecule has 100 valence electrons. The van der Waals surface area contributed by atoms with Gasteiger partial charge in [0.15, 0.2) is 11.5 Å². The highest BCUT2D eigenvalue weighted by molar-refractivity contribution is 9.09. The van der Waals surface area contributed by atoms with Crippen LogP contribution in [0, 0.1) is 5.92 Å². The standard InChI is InChI=1S/C13H18BrNO3/c1-9(6-7-14)8-15-13(17)10-4-3-5-11(18-2)12(10)16/h3-5,9,16H,6-8H2,1-2H3,(H,15,17). The van der Waals surface area contributed by atoms with Crippen molar-refractivity contribution in [3.05, 3.63) is 23.8 Å². The van der Waals surface area contributed by atoms with E-state index < -0.39 is 0 Å². The minimum absolute atomic E-state index is 0.120. The highest BCUT2D eigenvalue weighted by Crippen LogP contribution is 2.29. The number of benzene rings is 1. The Hall–Kier alpha value is -1.23. The lowest BCUT2D eigenvalue weighted by atomic mass is 10.1. The van der Waals surface area contributed by atoms with E-state index in [1.54, 1.807) is 18.2 Å². The topological polar surface area (TPSA) is 58.6 Å². The molecule has 1 unspecified atom stereocenters. The van der Waals surface area contributed by atoms with Crippen LogP contribution in [0.3, 0.4) is 0 Å². The number of halogens is 1. The summed E-state index contributed by atoms with van der Waals surface area (Å²) in [7, 11) is 1.45. The molecule has 1 aromatic carbocycles. The van der Waals surface area contributed by atoms with Gasteiger partial charge in [0.05, 0.1) is 12.7 Å². The number of nitrogens with one attached hydrogen (secondary N) is 1. The Morgan fingerprint density at radius 2 is 2.28 bits per heavy atom. The van der Waals surface area contributed by atoms with Crippen molar-refractivity contribution < 1.29 is 14.6 Å². The normalized spacial score (nSPS) is 11.9. The van der Waals surface area contributed by atoms with E-state index in [2.05, 4.69) is 28.2 Å². The van der Waals surface area contributed by atoms with Gasteiger partial charge in [0, 0.05) is 11.9 Å². The number of phenolic OH excluding ortho intramolecular Hbond substituents is 1. The van der Waals surface area contributed by atoms with Crippen LogP contribution in [0.5, 0.6) is 11.5 Å². The maximum atomic E-state index is 11.9. The molecule has 1 aromatic rings. The van der Waals surface area contributed by atoms with Crippen LogP contribution in [0.4, 0.5) is 0 Å². The highest BCUT2D eigenvalue weighted by atomic mass is 79.9. The molecule has 0 aromatic heterocycles. The summed E-state index contributed by atoms with van der Waals surface area (Å²) in [5.41, 5.74) is 0.236. The Bertz CT molecular complexity index is 409. The molecule has 0 aliphatic carbocycles. The van der Waals surface area contributed by atoms with E-state index >= 15 is 0 Å². The van der Waals surface area contributed by atoms with Gasteiger partial charge in [-0.3, -0.25) is 4.79 Å². The summed E-state index contributed by atoms with van der Waals surface area (Å²) in [6.45, 7) is 2.65. The lowest BCUT2D eigenvalue weighted by molar-refractivity contribution is 0.0944. The zero-order valence-corrected chi connectivity index (χ0v) is 12.2. The number of hydrogen-bond donors (Lipinski definition) is 2. The number of rotatable bonds is 6. The fraction of sp³-hybridized carbons (Fsp3) is 0.462. The van der Waals surface area contributed by atoms with Gasteiger partial charge in [-0.15, -0.1) is 0 Å². The van der Waals surface area contributed by atoms with E-state index in [1.165, 1.54) is 7.11 Å². The van der Waals surface area contributed by atoms with Crippen molar-refractivity contribution in [3.8, 4) is 11.5 Å². The number of carbonyl (C=O) groups excluding carboxylic acids is 1. The first kappa shape index (κ1) is 14.8. The zero-order chi connectivity index (χ0) is 13.5. The molecular formula is C13H18BrNO3. The molecule has 0 saturated carbocycles. The quantitative estimate of drug-likeness (QED) is 0.793. The van der Waals surface area contributed by atoms with Crippen molar-refractivity contribution in [3.63, 3.8) is 0 Å². The second kappa shape index (κ2) is 7.26. The van der Waals surface area contributed by atoms with Crippen molar-refractivity contribution in [2.75, 3.05) is 19.0 Å². The molecule has 0 bridgehead atoms. The average molecular weight is 316 g/mol. The maximum Gasteiger partial charge on any atom is 0.255 e. The SMILES string of the molecule is COc1cccc(C(=O)NCC(C)CCBr)c1O. The third-order valence-electron chi connectivity index (χ3n) is 2.68. The summed E-state index contributed by atoms with van der Waals surface area (Å²) >= 11 is 3.36. The first-order valence-corrected chi connectivity index (χ1v) is 6.92. The lowest BCUT2D eigenvalue weighted by Crippen LogP contribution is -2.28. The third-order valence-corrected chi connectivity index (χ3v) is 3.13. The van der Waals surface area contributed by atoms with Crippen LogP contribution in [0.2, 0.25) is 0 Å². The monoisotopic (exact) mass is 315 g/mol. The highest BCUT2D eigenvalue weighted by Gasteiger charge is 2.14. The molecule has 0 heterocycles. The zero-order valence-electron chi connectivity index (χ0n) is 10.6. The van der Waals surface area contributed by atoms with Gasteiger partial charge in [-0.1, -0.05) is 28.9 Å². The van der Waals surface area contributed by atoms with Gasteiger partial charge in [-0.05, 0) is 24.5 Å². The number of amides is 1. The predicted octanol–water partition coefficient (Wildman–Crippen LogP) is 2.55. The van der Waals surface area contributed by atoms with Gasteiger partial charge >= 0.3 is 0 Å². The first-order chi connectivity index (χ1) is 8.60. The maximum absolute atomic E-state index is 11.9. The molecule has 0 spiro atoms. The number of aromatic hydroxyl groups is 1. The molecule has 0 aliphatic rings. The number of ether oxygens (including phenoxy) is 1. The number of hydrogen-bond acceptors (Lipinski definition) is 3. The second-order valence-corrected chi connectivity index (χ2v) is 4.94. The van der Waals surface area contributed by atoms with E-state index in [4.69, 9.17) is 4.74 Å².